The Morgan fingerprint density at radius 1 is 1.08 bits per heavy atom. The predicted molar refractivity (Wildman–Crippen MR) is 108 cm³/mol. The maximum absolute atomic E-state index is 11.6. The first-order chi connectivity index (χ1) is 10.4. The highest BCUT2D eigenvalue weighted by Crippen LogP contribution is 2.04. The molecule has 0 unspecified atom stereocenters. The molecule has 1 aromatic carbocycles. The highest BCUT2D eigenvalue weighted by molar-refractivity contribution is 5.94. The molecule has 0 radical (unpaired) electrons. The van der Waals surface area contributed by atoms with Gasteiger partial charge >= 0.3 is 0 Å². The van der Waals surface area contributed by atoms with Crippen LogP contribution in [0.5, 0.6) is 0 Å². The molecule has 3 N–H and O–H groups in total. The molecule has 0 fully saturated rings. The van der Waals surface area contributed by atoms with Gasteiger partial charge in [0.25, 0.3) is 5.91 Å². The highest BCUT2D eigenvalue weighted by Gasteiger charge is 2.05. The first kappa shape index (κ1) is 28.0. The molecule has 0 aliphatic heterocycles. The molecule has 7 heteroatoms. The van der Waals surface area contributed by atoms with Crippen LogP contribution >= 0.6 is 24.8 Å². The molecule has 0 aliphatic rings. The fraction of sp³-hybridized carbons (Fsp3) is 0.588. The summed E-state index contributed by atoms with van der Waals surface area (Å²) in [6.07, 6.45) is 0. The molecule has 0 spiro atoms. The Morgan fingerprint density at radius 3 is 1.92 bits per heavy atom. The summed E-state index contributed by atoms with van der Waals surface area (Å²) in [6.45, 7) is 11.3. The van der Waals surface area contributed by atoms with E-state index in [0.29, 0.717) is 5.56 Å². The van der Waals surface area contributed by atoms with Crippen LogP contribution in [-0.2, 0) is 6.54 Å². The second-order valence-corrected chi connectivity index (χ2v) is 5.42. The Kier molecular flexibility index (Phi) is 19.8. The lowest BCUT2D eigenvalue weighted by molar-refractivity contribution is 0.0943. The van der Waals surface area contributed by atoms with E-state index < -0.39 is 0 Å². The lowest BCUT2D eigenvalue weighted by atomic mass is 10.1. The maximum Gasteiger partial charge on any atom is 0.251 e. The molecular weight excluding hydrogens is 347 g/mol. The predicted octanol–water partition coefficient (Wildman–Crippen LogP) is 2.85. The van der Waals surface area contributed by atoms with Crippen LogP contribution in [0.25, 0.3) is 0 Å². The van der Waals surface area contributed by atoms with Crippen molar-refractivity contribution in [2.45, 2.75) is 40.3 Å². The number of carbonyl (C=O) groups is 1. The number of hydrogen-bond acceptors (Lipinski definition) is 4. The topological polar surface area (TPSA) is 56.4 Å². The molecule has 1 aromatic rings. The quantitative estimate of drug-likeness (QED) is 0.636. The molecule has 0 saturated heterocycles. The summed E-state index contributed by atoms with van der Waals surface area (Å²) in [7, 11) is 3.93. The molecule has 24 heavy (non-hydrogen) atoms. The second kappa shape index (κ2) is 17.0. The van der Waals surface area contributed by atoms with E-state index in [1.165, 1.54) is 0 Å². The fourth-order valence-corrected chi connectivity index (χ4v) is 1.53. The van der Waals surface area contributed by atoms with Crippen LogP contribution in [0.3, 0.4) is 0 Å². The minimum atomic E-state index is -0.0249. The average molecular weight is 381 g/mol. The van der Waals surface area contributed by atoms with E-state index in [4.69, 9.17) is 0 Å². The molecule has 0 atom stereocenters. The van der Waals surface area contributed by atoms with Crippen LogP contribution in [0, 0.1) is 0 Å². The standard InChI is InChI=1S/C12H19N3O.C5H13N.2ClH/c1-9(2)15-12(16)11-6-4-10(5-7-11)8-14-13-3;1-4-6(3)5-2;;/h4-7,9,13-14H,8H2,1-3H3,(H,15,16);4-5H2,1-3H3;2*1H. The summed E-state index contributed by atoms with van der Waals surface area (Å²) >= 11 is 0. The molecule has 0 aromatic heterocycles. The fourth-order valence-electron chi connectivity index (χ4n) is 1.53. The lowest BCUT2D eigenvalue weighted by Gasteiger charge is -2.09. The van der Waals surface area contributed by atoms with Crippen LogP contribution in [-0.4, -0.2) is 44.0 Å². The van der Waals surface area contributed by atoms with Crippen molar-refractivity contribution in [2.24, 2.45) is 0 Å². The van der Waals surface area contributed by atoms with Gasteiger partial charge in [-0.1, -0.05) is 26.0 Å². The third kappa shape index (κ3) is 13.6. The third-order valence-corrected chi connectivity index (χ3v) is 3.18. The van der Waals surface area contributed by atoms with Gasteiger partial charge in [-0.15, -0.1) is 24.8 Å². The van der Waals surface area contributed by atoms with Crippen molar-refractivity contribution in [1.82, 2.24) is 21.1 Å². The maximum atomic E-state index is 11.6. The van der Waals surface area contributed by atoms with Crippen LogP contribution in [0.2, 0.25) is 0 Å². The third-order valence-electron chi connectivity index (χ3n) is 3.18. The van der Waals surface area contributed by atoms with Gasteiger partial charge in [-0.05, 0) is 58.7 Å². The molecule has 1 amide bonds. The number of hydrazine groups is 1. The van der Waals surface area contributed by atoms with Crippen molar-refractivity contribution in [1.29, 1.82) is 0 Å². The van der Waals surface area contributed by atoms with Crippen molar-refractivity contribution < 1.29 is 4.79 Å². The number of nitrogens with zero attached hydrogens (tertiary/aromatic N) is 1. The minimum absolute atomic E-state index is 0. The zero-order valence-electron chi connectivity index (χ0n) is 15.7. The molecule has 5 nitrogen and oxygen atoms in total. The van der Waals surface area contributed by atoms with Gasteiger partial charge in [0.1, 0.15) is 0 Å². The van der Waals surface area contributed by atoms with Crippen molar-refractivity contribution in [3.8, 4) is 0 Å². The van der Waals surface area contributed by atoms with Gasteiger partial charge in [-0.3, -0.25) is 15.6 Å². The van der Waals surface area contributed by atoms with Crippen LogP contribution < -0.4 is 16.2 Å². The first-order valence-electron chi connectivity index (χ1n) is 7.92. The molecular formula is C17H34Cl2N4O. The smallest absolute Gasteiger partial charge is 0.251 e. The molecule has 0 saturated carbocycles. The molecule has 0 bridgehead atoms. The SMILES string of the molecule is CCN(C)CC.CNNCc1ccc(C(=O)NC(C)C)cc1.Cl.Cl. The Labute approximate surface area is 159 Å². The summed E-state index contributed by atoms with van der Waals surface area (Å²) < 4.78 is 0. The van der Waals surface area contributed by atoms with Gasteiger partial charge in [-0.2, -0.15) is 0 Å². The molecule has 0 heterocycles. The van der Waals surface area contributed by atoms with E-state index in [-0.39, 0.29) is 36.8 Å². The van der Waals surface area contributed by atoms with Crippen LogP contribution in [0.15, 0.2) is 24.3 Å². The lowest BCUT2D eigenvalue weighted by Crippen LogP contribution is -2.30. The summed E-state index contributed by atoms with van der Waals surface area (Å²) in [5.41, 5.74) is 7.68. The van der Waals surface area contributed by atoms with Crippen molar-refractivity contribution in [3.05, 3.63) is 35.4 Å². The van der Waals surface area contributed by atoms with Crippen molar-refractivity contribution in [2.75, 3.05) is 27.2 Å². The Hall–Kier alpha value is -0.850. The zero-order chi connectivity index (χ0) is 17.0. The Bertz CT molecular complexity index is 410. The van der Waals surface area contributed by atoms with Crippen molar-refractivity contribution in [3.63, 3.8) is 0 Å². The summed E-state index contributed by atoms with van der Waals surface area (Å²) in [4.78, 5) is 13.9. The molecule has 142 valence electrons. The van der Waals surface area contributed by atoms with Gasteiger partial charge in [0, 0.05) is 18.2 Å². The van der Waals surface area contributed by atoms with Gasteiger partial charge in [0.05, 0.1) is 0 Å². The van der Waals surface area contributed by atoms with E-state index in [9.17, 15) is 4.79 Å². The summed E-state index contributed by atoms with van der Waals surface area (Å²) in [5, 5.41) is 2.85. The molecule has 0 aliphatic carbocycles. The number of nitrogens with one attached hydrogen (secondary N) is 3. The first-order valence-corrected chi connectivity index (χ1v) is 7.92. The molecule has 1 rings (SSSR count). The number of hydrogen-bond donors (Lipinski definition) is 3. The van der Waals surface area contributed by atoms with Gasteiger partial charge in [-0.25, -0.2) is 0 Å². The number of rotatable bonds is 7. The normalized spacial score (nSPS) is 9.50. The van der Waals surface area contributed by atoms with E-state index in [1.807, 2.05) is 45.2 Å². The van der Waals surface area contributed by atoms with Gasteiger partial charge in [0.15, 0.2) is 0 Å². The number of halogens is 2. The number of benzene rings is 1. The number of amides is 1. The van der Waals surface area contributed by atoms with E-state index in [2.05, 4.69) is 42.0 Å². The Balaban J connectivity index is -0.000000478. The van der Waals surface area contributed by atoms with E-state index in [1.54, 1.807) is 0 Å². The zero-order valence-corrected chi connectivity index (χ0v) is 17.3. The van der Waals surface area contributed by atoms with E-state index in [0.717, 1.165) is 25.2 Å². The average Bonchev–Trinajstić information content (AvgIpc) is 2.52. The van der Waals surface area contributed by atoms with Crippen molar-refractivity contribution >= 4 is 30.7 Å². The minimum Gasteiger partial charge on any atom is -0.350 e. The monoisotopic (exact) mass is 380 g/mol. The summed E-state index contributed by atoms with van der Waals surface area (Å²) in [5.74, 6) is -0.0249. The van der Waals surface area contributed by atoms with Crippen LogP contribution in [0.4, 0.5) is 0 Å². The highest BCUT2D eigenvalue weighted by atomic mass is 35.5. The second-order valence-electron chi connectivity index (χ2n) is 5.42. The number of carbonyl (C=O) groups excluding carboxylic acids is 1. The van der Waals surface area contributed by atoms with E-state index >= 15 is 0 Å². The summed E-state index contributed by atoms with van der Waals surface area (Å²) in [6, 6.07) is 7.73. The largest absolute Gasteiger partial charge is 0.350 e. The van der Waals surface area contributed by atoms with Gasteiger partial charge in [0.2, 0.25) is 0 Å². The van der Waals surface area contributed by atoms with Gasteiger partial charge < -0.3 is 10.2 Å². The Morgan fingerprint density at radius 2 is 1.58 bits per heavy atom. The van der Waals surface area contributed by atoms with Crippen LogP contribution in [0.1, 0.15) is 43.6 Å².